The molecule has 2 rings (SSSR count). The highest BCUT2D eigenvalue weighted by Crippen LogP contribution is 2.27. The maximum Gasteiger partial charge on any atom is 0.142 e. The first-order valence-corrected chi connectivity index (χ1v) is 4.26. The van der Waals surface area contributed by atoms with E-state index in [1.165, 1.54) is 0 Å². The summed E-state index contributed by atoms with van der Waals surface area (Å²) in [5.41, 5.74) is 8.11. The molecule has 70 valence electrons. The molecule has 0 radical (unpaired) electrons. The standard InChI is InChI=1S/C10H10N4/c1-6-3-4-13-10-8(6)7(5-11)9(12)14(10)2/h3-4H,12H2,1-2H3. The highest BCUT2D eigenvalue weighted by atomic mass is 15.1. The molecule has 0 aliphatic carbocycles. The summed E-state index contributed by atoms with van der Waals surface area (Å²) < 4.78 is 1.74. The number of nitriles is 1. The number of anilines is 1. The summed E-state index contributed by atoms with van der Waals surface area (Å²) in [6, 6.07) is 3.99. The fourth-order valence-corrected chi connectivity index (χ4v) is 1.63. The molecule has 2 heterocycles. The molecular formula is C10H10N4. The van der Waals surface area contributed by atoms with Crippen molar-refractivity contribution in [3.05, 3.63) is 23.4 Å². The molecule has 2 aromatic heterocycles. The Balaban J connectivity index is 3.06. The zero-order valence-corrected chi connectivity index (χ0v) is 8.07. The maximum atomic E-state index is 8.98. The van der Waals surface area contributed by atoms with Gasteiger partial charge < -0.3 is 10.3 Å². The van der Waals surface area contributed by atoms with E-state index in [1.807, 2.05) is 20.0 Å². The number of nitrogens with zero attached hydrogens (tertiary/aromatic N) is 3. The van der Waals surface area contributed by atoms with Crippen LogP contribution in [0, 0.1) is 18.3 Å². The van der Waals surface area contributed by atoms with Crippen LogP contribution in [0.2, 0.25) is 0 Å². The van der Waals surface area contributed by atoms with Gasteiger partial charge in [-0.3, -0.25) is 0 Å². The Morgan fingerprint density at radius 3 is 2.93 bits per heavy atom. The van der Waals surface area contributed by atoms with Crippen molar-refractivity contribution in [3.63, 3.8) is 0 Å². The van der Waals surface area contributed by atoms with Crippen LogP contribution in [0.4, 0.5) is 5.82 Å². The van der Waals surface area contributed by atoms with E-state index in [1.54, 1.807) is 10.8 Å². The Morgan fingerprint density at radius 1 is 1.57 bits per heavy atom. The van der Waals surface area contributed by atoms with Gasteiger partial charge in [0.05, 0.1) is 0 Å². The number of fused-ring (bicyclic) bond motifs is 1. The van der Waals surface area contributed by atoms with Crippen molar-refractivity contribution in [3.8, 4) is 6.07 Å². The predicted octanol–water partition coefficient (Wildman–Crippen LogP) is 1.34. The van der Waals surface area contributed by atoms with E-state index in [-0.39, 0.29) is 0 Å². The second-order valence-corrected chi connectivity index (χ2v) is 3.26. The largest absolute Gasteiger partial charge is 0.384 e. The molecule has 0 saturated carbocycles. The van der Waals surface area contributed by atoms with Crippen LogP contribution in [-0.4, -0.2) is 9.55 Å². The van der Waals surface area contributed by atoms with E-state index >= 15 is 0 Å². The monoisotopic (exact) mass is 186 g/mol. The lowest BCUT2D eigenvalue weighted by atomic mass is 10.1. The van der Waals surface area contributed by atoms with Gasteiger partial charge in [-0.05, 0) is 18.6 Å². The van der Waals surface area contributed by atoms with Gasteiger partial charge in [-0.1, -0.05) is 0 Å². The average Bonchev–Trinajstić information content (AvgIpc) is 2.43. The van der Waals surface area contributed by atoms with Crippen LogP contribution in [0.3, 0.4) is 0 Å². The number of aromatic nitrogens is 2. The molecule has 0 atom stereocenters. The lowest BCUT2D eigenvalue weighted by molar-refractivity contribution is 0.960. The summed E-state index contributed by atoms with van der Waals surface area (Å²) in [5.74, 6) is 0.476. The molecule has 0 fully saturated rings. The molecule has 14 heavy (non-hydrogen) atoms. The molecular weight excluding hydrogens is 176 g/mol. The first kappa shape index (κ1) is 8.57. The Morgan fingerprint density at radius 2 is 2.29 bits per heavy atom. The SMILES string of the molecule is Cc1ccnc2c1c(C#N)c(N)n2C. The Labute approximate surface area is 81.6 Å². The molecule has 2 N–H and O–H groups in total. The summed E-state index contributed by atoms with van der Waals surface area (Å²) >= 11 is 0. The zero-order chi connectivity index (χ0) is 10.3. The zero-order valence-electron chi connectivity index (χ0n) is 8.07. The molecule has 0 aromatic carbocycles. The van der Waals surface area contributed by atoms with Gasteiger partial charge in [0.1, 0.15) is 23.1 Å². The van der Waals surface area contributed by atoms with E-state index in [4.69, 9.17) is 11.0 Å². The maximum absolute atomic E-state index is 8.98. The van der Waals surface area contributed by atoms with Crippen LogP contribution < -0.4 is 5.73 Å². The quantitative estimate of drug-likeness (QED) is 0.675. The molecule has 4 nitrogen and oxygen atoms in total. The molecule has 0 spiro atoms. The molecule has 4 heteroatoms. The van der Waals surface area contributed by atoms with Crippen molar-refractivity contribution in [1.82, 2.24) is 9.55 Å². The highest BCUT2D eigenvalue weighted by Gasteiger charge is 2.14. The van der Waals surface area contributed by atoms with Crippen LogP contribution in [0.5, 0.6) is 0 Å². The number of hydrogen-bond donors (Lipinski definition) is 1. The molecule has 0 aliphatic rings. The van der Waals surface area contributed by atoms with Crippen LogP contribution >= 0.6 is 0 Å². The smallest absolute Gasteiger partial charge is 0.142 e. The van der Waals surface area contributed by atoms with E-state index in [0.29, 0.717) is 11.4 Å². The molecule has 0 bridgehead atoms. The van der Waals surface area contributed by atoms with Gasteiger partial charge in [-0.15, -0.1) is 0 Å². The normalized spacial score (nSPS) is 10.4. The summed E-state index contributed by atoms with van der Waals surface area (Å²) in [6.45, 7) is 1.95. The number of aryl methyl sites for hydroxylation is 2. The topological polar surface area (TPSA) is 67.6 Å². The van der Waals surface area contributed by atoms with Crippen molar-refractivity contribution in [2.75, 3.05) is 5.73 Å². The second kappa shape index (κ2) is 2.74. The Bertz CT molecular complexity index is 545. The fraction of sp³-hybridized carbons (Fsp3) is 0.200. The average molecular weight is 186 g/mol. The third-order valence-corrected chi connectivity index (χ3v) is 2.44. The number of nitrogens with two attached hydrogens (primary N) is 1. The minimum absolute atomic E-state index is 0.476. The van der Waals surface area contributed by atoms with Crippen LogP contribution in [0.15, 0.2) is 12.3 Å². The summed E-state index contributed by atoms with van der Waals surface area (Å²) in [4.78, 5) is 4.20. The van der Waals surface area contributed by atoms with Crippen molar-refractivity contribution in [2.24, 2.45) is 7.05 Å². The number of hydrogen-bond acceptors (Lipinski definition) is 3. The van der Waals surface area contributed by atoms with E-state index in [9.17, 15) is 0 Å². The van der Waals surface area contributed by atoms with Crippen LogP contribution in [0.1, 0.15) is 11.1 Å². The lowest BCUT2D eigenvalue weighted by Crippen LogP contribution is -1.97. The van der Waals surface area contributed by atoms with Crippen LogP contribution in [-0.2, 0) is 7.05 Å². The van der Waals surface area contributed by atoms with Gasteiger partial charge in [0, 0.05) is 18.6 Å². The number of pyridine rings is 1. The first-order valence-electron chi connectivity index (χ1n) is 4.26. The molecule has 0 unspecified atom stereocenters. The van der Waals surface area contributed by atoms with Crippen molar-refractivity contribution in [2.45, 2.75) is 6.92 Å². The minimum atomic E-state index is 0.476. The van der Waals surface area contributed by atoms with Crippen molar-refractivity contribution in [1.29, 1.82) is 5.26 Å². The molecule has 0 saturated heterocycles. The lowest BCUT2D eigenvalue weighted by Gasteiger charge is -1.96. The second-order valence-electron chi connectivity index (χ2n) is 3.26. The molecule has 0 aliphatic heterocycles. The fourth-order valence-electron chi connectivity index (χ4n) is 1.63. The number of rotatable bonds is 0. The summed E-state index contributed by atoms with van der Waals surface area (Å²) in [7, 11) is 1.81. The van der Waals surface area contributed by atoms with E-state index in [0.717, 1.165) is 16.6 Å². The van der Waals surface area contributed by atoms with Crippen molar-refractivity contribution < 1.29 is 0 Å². The summed E-state index contributed by atoms with van der Waals surface area (Å²) in [5, 5.41) is 9.84. The third-order valence-electron chi connectivity index (χ3n) is 2.44. The summed E-state index contributed by atoms with van der Waals surface area (Å²) in [6.07, 6.45) is 1.72. The van der Waals surface area contributed by atoms with Gasteiger partial charge in [-0.2, -0.15) is 5.26 Å². The first-order chi connectivity index (χ1) is 6.66. The van der Waals surface area contributed by atoms with Crippen LogP contribution in [0.25, 0.3) is 11.0 Å². The number of nitrogen functional groups attached to an aromatic ring is 1. The minimum Gasteiger partial charge on any atom is -0.384 e. The predicted molar refractivity (Wildman–Crippen MR) is 54.6 cm³/mol. The van der Waals surface area contributed by atoms with Crippen molar-refractivity contribution >= 4 is 16.9 Å². The van der Waals surface area contributed by atoms with Gasteiger partial charge in [-0.25, -0.2) is 4.98 Å². The van der Waals surface area contributed by atoms with E-state index in [2.05, 4.69) is 11.1 Å². The third kappa shape index (κ3) is 0.895. The van der Waals surface area contributed by atoms with Gasteiger partial charge in [0.25, 0.3) is 0 Å². The molecule has 0 amide bonds. The Hall–Kier alpha value is -2.02. The highest BCUT2D eigenvalue weighted by molar-refractivity contribution is 5.91. The van der Waals surface area contributed by atoms with E-state index < -0.39 is 0 Å². The van der Waals surface area contributed by atoms with Gasteiger partial charge in [0.15, 0.2) is 0 Å². The Kier molecular flexibility index (Phi) is 1.68. The van der Waals surface area contributed by atoms with Gasteiger partial charge >= 0.3 is 0 Å². The molecule has 2 aromatic rings. The van der Waals surface area contributed by atoms with Gasteiger partial charge in [0.2, 0.25) is 0 Å².